The number of nitrogens with one attached hydrogen (secondary N) is 1. The molecular weight excluding hydrogens is 402 g/mol. The highest BCUT2D eigenvalue weighted by Crippen LogP contribution is 2.21. The van der Waals surface area contributed by atoms with E-state index in [1.54, 1.807) is 23.9 Å². The molecule has 0 saturated heterocycles. The highest BCUT2D eigenvalue weighted by Gasteiger charge is 2.11. The number of hydrogen-bond acceptors (Lipinski definition) is 6. The number of thioether (sulfide) groups is 2. The highest BCUT2D eigenvalue weighted by molar-refractivity contribution is 8.00. The van der Waals surface area contributed by atoms with Crippen LogP contribution in [-0.4, -0.2) is 27.6 Å². The topological polar surface area (TPSA) is 68.0 Å². The van der Waals surface area contributed by atoms with Crippen molar-refractivity contribution in [2.24, 2.45) is 0 Å². The first-order chi connectivity index (χ1) is 13.1. The first kappa shape index (κ1) is 19.8. The van der Waals surface area contributed by atoms with E-state index in [0.29, 0.717) is 17.3 Å². The zero-order valence-electron chi connectivity index (χ0n) is 14.6. The lowest BCUT2D eigenvalue weighted by atomic mass is 10.1. The van der Waals surface area contributed by atoms with E-state index in [4.69, 9.17) is 16.0 Å². The number of hydrogen-bond donors (Lipinski definition) is 1. The zero-order valence-corrected chi connectivity index (χ0v) is 17.0. The summed E-state index contributed by atoms with van der Waals surface area (Å²) in [6.45, 7) is 2.13. The second-order valence-corrected chi connectivity index (χ2v) is 8.37. The van der Waals surface area contributed by atoms with Crippen molar-refractivity contribution in [3.8, 4) is 0 Å². The van der Waals surface area contributed by atoms with Crippen LogP contribution in [0.4, 0.5) is 6.01 Å². The number of amides is 1. The van der Waals surface area contributed by atoms with Crippen molar-refractivity contribution in [2.45, 2.75) is 23.1 Å². The number of anilines is 1. The van der Waals surface area contributed by atoms with Crippen molar-refractivity contribution in [2.75, 3.05) is 16.8 Å². The van der Waals surface area contributed by atoms with E-state index < -0.39 is 0 Å². The SMILES string of the molecule is CCSc1ccc(Cc2nnc(NC(=O)CSc3ccc(Cl)cc3)o2)cc1. The molecule has 1 heterocycles. The van der Waals surface area contributed by atoms with Crippen LogP contribution in [0.5, 0.6) is 0 Å². The quantitative estimate of drug-likeness (QED) is 0.509. The lowest BCUT2D eigenvalue weighted by Gasteiger charge is -2.02. The maximum absolute atomic E-state index is 12.0. The Kier molecular flexibility index (Phi) is 7.20. The van der Waals surface area contributed by atoms with E-state index in [0.717, 1.165) is 16.2 Å². The monoisotopic (exact) mass is 419 g/mol. The molecular formula is C19H18ClN3O2S2. The molecule has 0 bridgehead atoms. The highest BCUT2D eigenvalue weighted by atomic mass is 35.5. The Balaban J connectivity index is 1.49. The summed E-state index contributed by atoms with van der Waals surface area (Å²) in [6.07, 6.45) is 0.527. The van der Waals surface area contributed by atoms with Gasteiger partial charge in [-0.1, -0.05) is 35.8 Å². The summed E-state index contributed by atoms with van der Waals surface area (Å²) in [6, 6.07) is 15.7. The Morgan fingerprint density at radius 2 is 1.70 bits per heavy atom. The Hall–Kier alpha value is -1.96. The third-order valence-electron chi connectivity index (χ3n) is 3.49. The molecule has 0 spiro atoms. The van der Waals surface area contributed by atoms with Crippen LogP contribution >= 0.6 is 35.1 Å². The lowest BCUT2D eigenvalue weighted by Crippen LogP contribution is -2.14. The number of rotatable bonds is 8. The normalized spacial score (nSPS) is 10.7. The van der Waals surface area contributed by atoms with Gasteiger partial charge in [0.15, 0.2) is 0 Å². The number of halogens is 1. The van der Waals surface area contributed by atoms with Crippen LogP contribution in [-0.2, 0) is 11.2 Å². The van der Waals surface area contributed by atoms with Crippen LogP contribution in [0.2, 0.25) is 5.02 Å². The van der Waals surface area contributed by atoms with Crippen LogP contribution < -0.4 is 5.32 Å². The molecule has 2 aromatic carbocycles. The molecule has 0 radical (unpaired) electrons. The molecule has 1 N–H and O–H groups in total. The molecule has 140 valence electrons. The van der Waals surface area contributed by atoms with E-state index in [2.05, 4.69) is 34.6 Å². The number of carbonyl (C=O) groups excluding carboxylic acids is 1. The number of carbonyl (C=O) groups is 1. The molecule has 8 heteroatoms. The third kappa shape index (κ3) is 6.30. The van der Waals surface area contributed by atoms with Crippen molar-refractivity contribution in [1.29, 1.82) is 0 Å². The van der Waals surface area contributed by atoms with Crippen LogP contribution in [0.25, 0.3) is 0 Å². The first-order valence-electron chi connectivity index (χ1n) is 8.34. The van der Waals surface area contributed by atoms with Crippen molar-refractivity contribution < 1.29 is 9.21 Å². The van der Waals surface area contributed by atoms with Gasteiger partial charge < -0.3 is 4.42 Å². The summed E-state index contributed by atoms with van der Waals surface area (Å²) in [5.41, 5.74) is 1.08. The molecule has 0 aliphatic heterocycles. The Labute approximate surface area is 171 Å². The van der Waals surface area contributed by atoms with Gasteiger partial charge >= 0.3 is 6.01 Å². The molecule has 3 aromatic rings. The minimum absolute atomic E-state index is 0.116. The van der Waals surface area contributed by atoms with Crippen LogP contribution in [0.3, 0.4) is 0 Å². The Morgan fingerprint density at radius 3 is 2.41 bits per heavy atom. The van der Waals surface area contributed by atoms with Gasteiger partial charge in [-0.25, -0.2) is 0 Å². The van der Waals surface area contributed by atoms with Crippen molar-refractivity contribution >= 4 is 47.0 Å². The smallest absolute Gasteiger partial charge is 0.322 e. The van der Waals surface area contributed by atoms with Crippen LogP contribution in [0.1, 0.15) is 18.4 Å². The molecule has 0 aliphatic rings. The van der Waals surface area contributed by atoms with Crippen LogP contribution in [0.15, 0.2) is 62.7 Å². The molecule has 0 atom stereocenters. The zero-order chi connectivity index (χ0) is 19.1. The minimum Gasteiger partial charge on any atom is -0.407 e. The second-order valence-electron chi connectivity index (χ2n) is 5.55. The Bertz CT molecular complexity index is 883. The Morgan fingerprint density at radius 1 is 1.04 bits per heavy atom. The first-order valence-corrected chi connectivity index (χ1v) is 10.7. The van der Waals surface area contributed by atoms with Gasteiger partial charge in [0.1, 0.15) is 0 Å². The minimum atomic E-state index is -0.203. The van der Waals surface area contributed by atoms with Crippen molar-refractivity contribution in [3.63, 3.8) is 0 Å². The molecule has 0 fully saturated rings. The maximum atomic E-state index is 12.0. The van der Waals surface area contributed by atoms with Crippen molar-refractivity contribution in [1.82, 2.24) is 10.2 Å². The third-order valence-corrected chi connectivity index (χ3v) is 5.64. The molecule has 5 nitrogen and oxygen atoms in total. The standard InChI is InChI=1S/C19H18ClN3O2S2/c1-2-26-15-7-3-13(4-8-15)11-18-22-23-19(25-18)21-17(24)12-27-16-9-5-14(20)6-10-16/h3-10H,2,11-12H2,1H3,(H,21,23,24). The van der Waals surface area contributed by atoms with Gasteiger partial charge in [0.25, 0.3) is 0 Å². The molecule has 0 aliphatic carbocycles. The van der Waals surface area contributed by atoms with Gasteiger partial charge in [0.2, 0.25) is 11.8 Å². The van der Waals surface area contributed by atoms with Crippen LogP contribution in [0, 0.1) is 0 Å². The summed E-state index contributed by atoms with van der Waals surface area (Å²) in [7, 11) is 0. The average molecular weight is 420 g/mol. The largest absolute Gasteiger partial charge is 0.407 e. The summed E-state index contributed by atoms with van der Waals surface area (Å²) in [5, 5.41) is 11.2. The van der Waals surface area contributed by atoms with E-state index in [9.17, 15) is 4.79 Å². The molecule has 0 unspecified atom stereocenters. The summed E-state index contributed by atoms with van der Waals surface area (Å²) >= 11 is 9.05. The maximum Gasteiger partial charge on any atom is 0.322 e. The molecule has 27 heavy (non-hydrogen) atoms. The molecule has 1 aromatic heterocycles. The van der Waals surface area contributed by atoms with Gasteiger partial charge in [-0.15, -0.1) is 28.6 Å². The van der Waals surface area contributed by atoms with E-state index in [1.165, 1.54) is 16.7 Å². The predicted octanol–water partition coefficient (Wildman–Crippen LogP) is 5.16. The fraction of sp³-hybridized carbons (Fsp3) is 0.211. The van der Waals surface area contributed by atoms with Gasteiger partial charge in [-0.3, -0.25) is 10.1 Å². The number of nitrogens with zero attached hydrogens (tertiary/aromatic N) is 2. The number of aromatic nitrogens is 2. The summed E-state index contributed by atoms with van der Waals surface area (Å²) < 4.78 is 5.52. The average Bonchev–Trinajstić information content (AvgIpc) is 3.10. The fourth-order valence-electron chi connectivity index (χ4n) is 2.26. The molecule has 3 rings (SSSR count). The van der Waals surface area contributed by atoms with Gasteiger partial charge in [0.05, 0.1) is 12.2 Å². The number of benzene rings is 2. The summed E-state index contributed by atoms with van der Waals surface area (Å²) in [4.78, 5) is 14.2. The van der Waals surface area contributed by atoms with E-state index in [-0.39, 0.29) is 17.7 Å². The predicted molar refractivity (Wildman–Crippen MR) is 111 cm³/mol. The van der Waals surface area contributed by atoms with E-state index >= 15 is 0 Å². The second kappa shape index (κ2) is 9.82. The summed E-state index contributed by atoms with van der Waals surface area (Å²) in [5.74, 6) is 1.55. The van der Waals surface area contributed by atoms with Crippen molar-refractivity contribution in [3.05, 3.63) is 65.0 Å². The van der Waals surface area contributed by atoms with Gasteiger partial charge in [-0.2, -0.15) is 0 Å². The molecule has 1 amide bonds. The van der Waals surface area contributed by atoms with E-state index in [1.807, 2.05) is 24.3 Å². The lowest BCUT2D eigenvalue weighted by molar-refractivity contribution is -0.113. The van der Waals surface area contributed by atoms with Gasteiger partial charge in [0, 0.05) is 14.8 Å². The van der Waals surface area contributed by atoms with Gasteiger partial charge in [-0.05, 0) is 47.7 Å². The fourth-order valence-corrected chi connectivity index (χ4v) is 3.74. The molecule has 0 saturated carbocycles.